The van der Waals surface area contributed by atoms with Crippen LogP contribution in [0.5, 0.6) is 0 Å². The Morgan fingerprint density at radius 2 is 2.26 bits per heavy atom. The van der Waals surface area contributed by atoms with E-state index >= 15 is 0 Å². The maximum atomic E-state index is 10.8. The molecule has 0 amide bonds. The number of nitrogens with zero attached hydrogens (tertiary/aromatic N) is 2. The molecule has 7 heteroatoms. The average Bonchev–Trinajstić information content (AvgIpc) is 3.08. The summed E-state index contributed by atoms with van der Waals surface area (Å²) < 4.78 is 4.95. The van der Waals surface area contributed by atoms with Gasteiger partial charge in [-0.15, -0.1) is 0 Å². The van der Waals surface area contributed by atoms with Gasteiger partial charge in [0.15, 0.2) is 0 Å². The van der Waals surface area contributed by atoms with Gasteiger partial charge in [0.05, 0.1) is 12.5 Å². The van der Waals surface area contributed by atoms with E-state index in [9.17, 15) is 4.79 Å². The Morgan fingerprint density at radius 1 is 1.53 bits per heavy atom. The molecule has 1 heterocycles. The highest BCUT2D eigenvalue weighted by Gasteiger charge is 2.43. The lowest BCUT2D eigenvalue weighted by atomic mass is 10.4. The molecule has 0 aliphatic heterocycles. The van der Waals surface area contributed by atoms with Gasteiger partial charge in [-0.1, -0.05) is 0 Å². The number of ether oxygens (including phenoxy) is 1. The van der Waals surface area contributed by atoms with Crippen molar-refractivity contribution in [1.82, 2.24) is 9.97 Å². The molecule has 1 fully saturated rings. The monoisotopic (exact) mass is 266 g/mol. The van der Waals surface area contributed by atoms with Crippen LogP contribution in [0.15, 0.2) is 6.07 Å². The number of anilines is 2. The summed E-state index contributed by atoms with van der Waals surface area (Å²) in [5, 5.41) is 15.1. The van der Waals surface area contributed by atoms with Crippen molar-refractivity contribution in [3.05, 3.63) is 11.9 Å². The first-order valence-electron chi connectivity index (χ1n) is 6.18. The second-order valence-corrected chi connectivity index (χ2v) is 4.54. The van der Waals surface area contributed by atoms with Crippen LogP contribution >= 0.6 is 0 Å². The highest BCUT2D eigenvalue weighted by atomic mass is 16.5. The molecule has 19 heavy (non-hydrogen) atoms. The number of rotatable bonds is 7. The maximum Gasteiger partial charge on any atom is 0.308 e. The van der Waals surface area contributed by atoms with E-state index < -0.39 is 5.97 Å². The SMILES string of the molecule is COCCNc1cc(NC2CC2C(=O)O)nc(C)n1. The normalized spacial score (nSPS) is 20.9. The second kappa shape index (κ2) is 5.83. The third-order valence-corrected chi connectivity index (χ3v) is 2.89. The van der Waals surface area contributed by atoms with Crippen molar-refractivity contribution in [2.24, 2.45) is 5.92 Å². The molecule has 0 spiro atoms. The number of carboxylic acid groups (broad SMARTS) is 1. The standard InChI is InChI=1S/C12H18N4O3/c1-7-14-10(13-3-4-19-2)6-11(15-7)16-9-5-8(9)12(17)18/h6,8-9H,3-5H2,1-2H3,(H,17,18)(H2,13,14,15,16). The van der Waals surface area contributed by atoms with Gasteiger partial charge in [0, 0.05) is 25.8 Å². The summed E-state index contributed by atoms with van der Waals surface area (Å²) in [5.74, 6) is 0.931. The number of nitrogens with one attached hydrogen (secondary N) is 2. The van der Waals surface area contributed by atoms with Crippen LogP contribution in [0, 0.1) is 12.8 Å². The minimum Gasteiger partial charge on any atom is -0.481 e. The Balaban J connectivity index is 1.95. The van der Waals surface area contributed by atoms with E-state index in [0.717, 1.165) is 0 Å². The first-order valence-corrected chi connectivity index (χ1v) is 6.18. The lowest BCUT2D eigenvalue weighted by molar-refractivity contribution is -0.138. The van der Waals surface area contributed by atoms with E-state index in [0.29, 0.717) is 37.0 Å². The Hall–Kier alpha value is -1.89. The van der Waals surface area contributed by atoms with Crippen LogP contribution in [0.1, 0.15) is 12.2 Å². The fraction of sp³-hybridized carbons (Fsp3) is 0.583. The van der Waals surface area contributed by atoms with Crippen molar-refractivity contribution in [2.45, 2.75) is 19.4 Å². The van der Waals surface area contributed by atoms with Crippen LogP contribution in [0.2, 0.25) is 0 Å². The number of aliphatic carboxylic acids is 1. The number of methoxy groups -OCH3 is 1. The molecule has 1 aromatic rings. The topological polar surface area (TPSA) is 96.4 Å². The van der Waals surface area contributed by atoms with Crippen LogP contribution in [-0.4, -0.2) is 47.3 Å². The number of carbonyl (C=O) groups is 1. The van der Waals surface area contributed by atoms with Gasteiger partial charge in [-0.3, -0.25) is 4.79 Å². The summed E-state index contributed by atoms with van der Waals surface area (Å²) in [7, 11) is 1.64. The summed E-state index contributed by atoms with van der Waals surface area (Å²) in [5.41, 5.74) is 0. The zero-order chi connectivity index (χ0) is 13.8. The molecule has 1 aliphatic carbocycles. The maximum absolute atomic E-state index is 10.8. The predicted octanol–water partition coefficient (Wildman–Crippen LogP) is 0.728. The molecule has 0 aromatic carbocycles. The van der Waals surface area contributed by atoms with E-state index in [-0.39, 0.29) is 12.0 Å². The van der Waals surface area contributed by atoms with Crippen LogP contribution in [0.4, 0.5) is 11.6 Å². The number of carboxylic acids is 1. The highest BCUT2D eigenvalue weighted by Crippen LogP contribution is 2.33. The number of hydrogen-bond acceptors (Lipinski definition) is 6. The molecule has 1 saturated carbocycles. The van der Waals surface area contributed by atoms with Gasteiger partial charge in [0.2, 0.25) is 0 Å². The number of aromatic nitrogens is 2. The quantitative estimate of drug-likeness (QED) is 0.626. The third-order valence-electron chi connectivity index (χ3n) is 2.89. The van der Waals surface area contributed by atoms with Crippen molar-refractivity contribution < 1.29 is 14.6 Å². The molecule has 1 aliphatic rings. The highest BCUT2D eigenvalue weighted by molar-refractivity contribution is 5.75. The summed E-state index contributed by atoms with van der Waals surface area (Å²) in [6.07, 6.45) is 0.644. The Kier molecular flexibility index (Phi) is 4.16. The van der Waals surface area contributed by atoms with Gasteiger partial charge in [0.1, 0.15) is 17.5 Å². The first-order chi connectivity index (χ1) is 9.10. The molecule has 1 aromatic heterocycles. The van der Waals surface area contributed by atoms with Crippen molar-refractivity contribution >= 4 is 17.6 Å². The summed E-state index contributed by atoms with van der Waals surface area (Å²) in [4.78, 5) is 19.3. The van der Waals surface area contributed by atoms with Crippen molar-refractivity contribution in [3.8, 4) is 0 Å². The minimum atomic E-state index is -0.762. The average molecular weight is 266 g/mol. The zero-order valence-electron chi connectivity index (χ0n) is 11.0. The Bertz CT molecular complexity index is 466. The summed E-state index contributed by atoms with van der Waals surface area (Å²) >= 11 is 0. The van der Waals surface area contributed by atoms with E-state index in [1.807, 2.05) is 0 Å². The van der Waals surface area contributed by atoms with E-state index in [1.165, 1.54) is 0 Å². The molecule has 2 unspecified atom stereocenters. The third kappa shape index (κ3) is 3.78. The number of hydrogen-bond donors (Lipinski definition) is 3. The molecule has 2 rings (SSSR count). The molecule has 7 nitrogen and oxygen atoms in total. The van der Waals surface area contributed by atoms with Crippen molar-refractivity contribution in [1.29, 1.82) is 0 Å². The smallest absolute Gasteiger partial charge is 0.308 e. The van der Waals surface area contributed by atoms with Gasteiger partial charge >= 0.3 is 5.97 Å². The second-order valence-electron chi connectivity index (χ2n) is 4.54. The number of aryl methyl sites for hydroxylation is 1. The zero-order valence-corrected chi connectivity index (χ0v) is 11.0. The lowest BCUT2D eigenvalue weighted by Gasteiger charge is -2.09. The van der Waals surface area contributed by atoms with Crippen LogP contribution in [0.25, 0.3) is 0 Å². The van der Waals surface area contributed by atoms with Crippen molar-refractivity contribution in [3.63, 3.8) is 0 Å². The van der Waals surface area contributed by atoms with Gasteiger partial charge < -0.3 is 20.5 Å². The lowest BCUT2D eigenvalue weighted by Crippen LogP contribution is -2.13. The summed E-state index contributed by atoms with van der Waals surface area (Å²) in [6.45, 7) is 3.05. The molecule has 0 bridgehead atoms. The van der Waals surface area contributed by atoms with Crippen molar-refractivity contribution in [2.75, 3.05) is 30.9 Å². The summed E-state index contributed by atoms with van der Waals surface area (Å²) in [6, 6.07) is 1.75. The van der Waals surface area contributed by atoms with Gasteiger partial charge in [-0.2, -0.15) is 0 Å². The predicted molar refractivity (Wildman–Crippen MR) is 70.3 cm³/mol. The van der Waals surface area contributed by atoms with Gasteiger partial charge in [-0.25, -0.2) is 9.97 Å². The fourth-order valence-electron chi connectivity index (χ4n) is 1.83. The first kappa shape index (κ1) is 13.5. The minimum absolute atomic E-state index is 0.0291. The van der Waals surface area contributed by atoms with Gasteiger partial charge in [-0.05, 0) is 13.3 Å². The largest absolute Gasteiger partial charge is 0.481 e. The fourth-order valence-corrected chi connectivity index (χ4v) is 1.83. The van der Waals surface area contributed by atoms with Crippen LogP contribution < -0.4 is 10.6 Å². The van der Waals surface area contributed by atoms with Crippen LogP contribution in [-0.2, 0) is 9.53 Å². The van der Waals surface area contributed by atoms with Gasteiger partial charge in [0.25, 0.3) is 0 Å². The Morgan fingerprint density at radius 3 is 2.89 bits per heavy atom. The van der Waals surface area contributed by atoms with E-state index in [4.69, 9.17) is 9.84 Å². The Labute approximate surface area is 111 Å². The molecule has 0 radical (unpaired) electrons. The van der Waals surface area contributed by atoms with E-state index in [1.54, 1.807) is 20.1 Å². The molecule has 104 valence electrons. The molecular formula is C12H18N4O3. The molecule has 2 atom stereocenters. The molecule has 3 N–H and O–H groups in total. The molecular weight excluding hydrogens is 248 g/mol. The van der Waals surface area contributed by atoms with Crippen LogP contribution in [0.3, 0.4) is 0 Å². The van der Waals surface area contributed by atoms with E-state index in [2.05, 4.69) is 20.6 Å². The molecule has 0 saturated heterocycles.